The third kappa shape index (κ3) is 2.25. The summed E-state index contributed by atoms with van der Waals surface area (Å²) in [6.45, 7) is 4.26. The number of hydrogen-bond acceptors (Lipinski definition) is 2. The first-order valence-corrected chi connectivity index (χ1v) is 5.06. The van der Waals surface area contributed by atoms with Crippen LogP contribution in [0, 0.1) is 5.92 Å². The fourth-order valence-electron chi connectivity index (χ4n) is 1.90. The van der Waals surface area contributed by atoms with Crippen molar-refractivity contribution in [2.75, 3.05) is 6.54 Å². The standard InChI is InChI=1S/C10H17NO3/c1-7(2)9(10(13)14)11-6-4-3-5-8(11)12/h7,9H,3-6H2,1-2H3,(H,13,14)/t9-/m0/s1. The van der Waals surface area contributed by atoms with Crippen molar-refractivity contribution >= 4 is 11.9 Å². The number of carbonyl (C=O) groups is 2. The highest BCUT2D eigenvalue weighted by Crippen LogP contribution is 2.18. The number of carbonyl (C=O) groups excluding carboxylic acids is 1. The molecule has 0 bridgehead atoms. The number of aliphatic carboxylic acids is 1. The first-order chi connectivity index (χ1) is 6.54. The fourth-order valence-corrected chi connectivity index (χ4v) is 1.90. The molecule has 4 heteroatoms. The third-order valence-electron chi connectivity index (χ3n) is 2.58. The number of amides is 1. The molecular formula is C10H17NO3. The van der Waals surface area contributed by atoms with Crippen molar-refractivity contribution in [2.45, 2.75) is 39.2 Å². The Balaban J connectivity index is 2.75. The molecule has 1 rings (SSSR count). The van der Waals surface area contributed by atoms with Crippen molar-refractivity contribution in [1.29, 1.82) is 0 Å². The van der Waals surface area contributed by atoms with Gasteiger partial charge in [0.15, 0.2) is 0 Å². The number of nitrogens with zero attached hydrogens (tertiary/aromatic N) is 1. The summed E-state index contributed by atoms with van der Waals surface area (Å²) in [4.78, 5) is 24.0. The van der Waals surface area contributed by atoms with Gasteiger partial charge in [0.05, 0.1) is 0 Å². The number of rotatable bonds is 3. The smallest absolute Gasteiger partial charge is 0.326 e. The van der Waals surface area contributed by atoms with Crippen LogP contribution in [0.3, 0.4) is 0 Å². The Bertz CT molecular complexity index is 238. The van der Waals surface area contributed by atoms with Gasteiger partial charge in [0.25, 0.3) is 0 Å². The molecule has 0 aromatic carbocycles. The van der Waals surface area contributed by atoms with Gasteiger partial charge in [0.2, 0.25) is 5.91 Å². The van der Waals surface area contributed by atoms with E-state index in [1.165, 1.54) is 4.90 Å². The van der Waals surface area contributed by atoms with Gasteiger partial charge in [-0.05, 0) is 18.8 Å². The van der Waals surface area contributed by atoms with Gasteiger partial charge in [-0.25, -0.2) is 4.79 Å². The SMILES string of the molecule is CC(C)[C@@H](C(=O)O)N1CCCCC1=O. The molecule has 1 N–H and O–H groups in total. The van der Waals surface area contributed by atoms with E-state index in [1.807, 2.05) is 13.8 Å². The molecule has 1 amide bonds. The van der Waals surface area contributed by atoms with Gasteiger partial charge in [-0.15, -0.1) is 0 Å². The summed E-state index contributed by atoms with van der Waals surface area (Å²) in [7, 11) is 0. The van der Waals surface area contributed by atoms with Crippen LogP contribution in [0.2, 0.25) is 0 Å². The molecule has 1 fully saturated rings. The minimum atomic E-state index is -0.893. The summed E-state index contributed by atoms with van der Waals surface area (Å²) >= 11 is 0. The lowest BCUT2D eigenvalue weighted by atomic mass is 9.99. The molecule has 1 aliphatic rings. The highest BCUT2D eigenvalue weighted by Gasteiger charge is 2.33. The lowest BCUT2D eigenvalue weighted by molar-refractivity contribution is -0.153. The van der Waals surface area contributed by atoms with Crippen LogP contribution in [0.15, 0.2) is 0 Å². The molecule has 80 valence electrons. The monoisotopic (exact) mass is 199 g/mol. The fraction of sp³-hybridized carbons (Fsp3) is 0.800. The molecule has 0 unspecified atom stereocenters. The molecule has 1 aliphatic heterocycles. The highest BCUT2D eigenvalue weighted by molar-refractivity contribution is 5.84. The predicted octanol–water partition coefficient (Wildman–Crippen LogP) is 1.11. The number of carboxylic acids is 1. The molecule has 0 aromatic heterocycles. The first-order valence-electron chi connectivity index (χ1n) is 5.06. The second kappa shape index (κ2) is 4.44. The van der Waals surface area contributed by atoms with E-state index in [1.54, 1.807) is 0 Å². The summed E-state index contributed by atoms with van der Waals surface area (Å²) in [6.07, 6.45) is 2.30. The van der Waals surface area contributed by atoms with Crippen LogP contribution in [0.25, 0.3) is 0 Å². The van der Waals surface area contributed by atoms with Crippen molar-refractivity contribution in [1.82, 2.24) is 4.90 Å². The Kier molecular flexibility index (Phi) is 3.49. The molecule has 0 saturated carbocycles. The maximum atomic E-state index is 11.5. The maximum absolute atomic E-state index is 11.5. The van der Waals surface area contributed by atoms with Crippen LogP contribution in [0.5, 0.6) is 0 Å². The molecule has 14 heavy (non-hydrogen) atoms. The maximum Gasteiger partial charge on any atom is 0.326 e. The van der Waals surface area contributed by atoms with E-state index in [-0.39, 0.29) is 11.8 Å². The molecule has 0 aliphatic carbocycles. The summed E-state index contributed by atoms with van der Waals surface area (Å²) < 4.78 is 0. The van der Waals surface area contributed by atoms with Crippen molar-refractivity contribution in [2.24, 2.45) is 5.92 Å². The van der Waals surface area contributed by atoms with Crippen LogP contribution >= 0.6 is 0 Å². The lowest BCUT2D eigenvalue weighted by Crippen LogP contribution is -2.50. The van der Waals surface area contributed by atoms with Gasteiger partial charge in [0.1, 0.15) is 6.04 Å². The van der Waals surface area contributed by atoms with E-state index in [0.717, 1.165) is 12.8 Å². The van der Waals surface area contributed by atoms with Crippen LogP contribution < -0.4 is 0 Å². The van der Waals surface area contributed by atoms with Crippen molar-refractivity contribution < 1.29 is 14.7 Å². The van der Waals surface area contributed by atoms with Gasteiger partial charge >= 0.3 is 5.97 Å². The summed E-state index contributed by atoms with van der Waals surface area (Å²) in [6, 6.07) is -0.650. The van der Waals surface area contributed by atoms with E-state index in [4.69, 9.17) is 5.11 Å². The molecule has 0 aromatic rings. The lowest BCUT2D eigenvalue weighted by Gasteiger charge is -2.34. The summed E-state index contributed by atoms with van der Waals surface area (Å²) in [5.74, 6) is -0.942. The van der Waals surface area contributed by atoms with Crippen molar-refractivity contribution in [3.05, 3.63) is 0 Å². The molecule has 1 heterocycles. The van der Waals surface area contributed by atoms with E-state index in [0.29, 0.717) is 13.0 Å². The average Bonchev–Trinajstić information content (AvgIpc) is 2.07. The van der Waals surface area contributed by atoms with Crippen LogP contribution in [0.4, 0.5) is 0 Å². The number of hydrogen-bond donors (Lipinski definition) is 1. The summed E-state index contributed by atoms with van der Waals surface area (Å²) in [5.41, 5.74) is 0. The third-order valence-corrected chi connectivity index (χ3v) is 2.58. The minimum absolute atomic E-state index is 0.0163. The predicted molar refractivity (Wildman–Crippen MR) is 51.8 cm³/mol. The quantitative estimate of drug-likeness (QED) is 0.740. The average molecular weight is 199 g/mol. The second-order valence-electron chi connectivity index (χ2n) is 4.07. The van der Waals surface area contributed by atoms with Gasteiger partial charge in [0, 0.05) is 13.0 Å². The van der Waals surface area contributed by atoms with Gasteiger partial charge in [-0.3, -0.25) is 4.79 Å². The highest BCUT2D eigenvalue weighted by atomic mass is 16.4. The number of carboxylic acid groups (broad SMARTS) is 1. The Labute approximate surface area is 83.9 Å². The van der Waals surface area contributed by atoms with Gasteiger partial charge in [-0.1, -0.05) is 13.8 Å². The van der Waals surface area contributed by atoms with Crippen molar-refractivity contribution in [3.8, 4) is 0 Å². The van der Waals surface area contributed by atoms with E-state index in [2.05, 4.69) is 0 Å². The van der Waals surface area contributed by atoms with E-state index in [9.17, 15) is 9.59 Å². The topological polar surface area (TPSA) is 57.6 Å². The molecular weight excluding hydrogens is 182 g/mol. The normalized spacial score (nSPS) is 19.9. The minimum Gasteiger partial charge on any atom is -0.480 e. The Morgan fingerprint density at radius 3 is 2.50 bits per heavy atom. The van der Waals surface area contributed by atoms with Crippen molar-refractivity contribution in [3.63, 3.8) is 0 Å². The second-order valence-corrected chi connectivity index (χ2v) is 4.07. The molecule has 4 nitrogen and oxygen atoms in total. The molecule has 1 saturated heterocycles. The zero-order valence-electron chi connectivity index (χ0n) is 8.69. The Hall–Kier alpha value is -1.06. The van der Waals surface area contributed by atoms with Crippen LogP contribution in [-0.2, 0) is 9.59 Å². The van der Waals surface area contributed by atoms with Gasteiger partial charge < -0.3 is 10.0 Å². The number of piperidine rings is 1. The molecule has 1 atom stereocenters. The zero-order valence-corrected chi connectivity index (χ0v) is 8.69. The molecule has 0 radical (unpaired) electrons. The van der Waals surface area contributed by atoms with Gasteiger partial charge in [-0.2, -0.15) is 0 Å². The summed E-state index contributed by atoms with van der Waals surface area (Å²) in [5, 5.41) is 9.02. The first kappa shape index (κ1) is 11.0. The van der Waals surface area contributed by atoms with Crippen LogP contribution in [-0.4, -0.2) is 34.5 Å². The zero-order chi connectivity index (χ0) is 10.7. The van der Waals surface area contributed by atoms with E-state index >= 15 is 0 Å². The Morgan fingerprint density at radius 1 is 1.43 bits per heavy atom. The largest absolute Gasteiger partial charge is 0.480 e. The molecule has 0 spiro atoms. The Morgan fingerprint density at radius 2 is 2.07 bits per heavy atom. The van der Waals surface area contributed by atoms with Crippen LogP contribution in [0.1, 0.15) is 33.1 Å². The van der Waals surface area contributed by atoms with E-state index < -0.39 is 12.0 Å². The number of likely N-dealkylation sites (tertiary alicyclic amines) is 1.